The highest BCUT2D eigenvalue weighted by atomic mass is 31.0. The Morgan fingerprint density at radius 1 is 1.29 bits per heavy atom. The Morgan fingerprint density at radius 3 is 2.57 bits per heavy atom. The molecule has 1 atom stereocenters. The molecule has 0 amide bonds. The first-order valence-electron chi connectivity index (χ1n) is 8.76. The summed E-state index contributed by atoms with van der Waals surface area (Å²) in [4.78, 5) is 6.37. The van der Waals surface area contributed by atoms with Gasteiger partial charge in [0.1, 0.15) is 17.4 Å². The molecule has 1 fully saturated rings. The van der Waals surface area contributed by atoms with Gasteiger partial charge in [-0.25, -0.2) is 4.98 Å². The Hall–Kier alpha value is -2.57. The third kappa shape index (κ3) is 5.03. The van der Waals surface area contributed by atoms with E-state index in [4.69, 9.17) is 5.41 Å². The third-order valence-corrected chi connectivity index (χ3v) is 4.36. The molecule has 0 radical (unpaired) electrons. The summed E-state index contributed by atoms with van der Waals surface area (Å²) in [6.45, 7) is 6.94. The molecule has 0 aliphatic carbocycles. The van der Waals surface area contributed by atoms with Gasteiger partial charge in [0, 0.05) is 38.1 Å². The fraction of sp³-hybridized carbons (Fsp3) is 0.263. The van der Waals surface area contributed by atoms with Crippen molar-refractivity contribution in [3.63, 3.8) is 0 Å². The van der Waals surface area contributed by atoms with Gasteiger partial charge in [0.15, 0.2) is 0 Å². The van der Waals surface area contributed by atoms with E-state index in [1.165, 1.54) is 21.4 Å². The summed E-state index contributed by atoms with van der Waals surface area (Å²) in [5, 5.41) is 15.1. The Kier molecular flexibility index (Phi) is 6.21. The van der Waals surface area contributed by atoms with Crippen LogP contribution in [0.4, 0.5) is 20.3 Å². The number of ether oxygens (including phenoxy) is 1. The number of amidine groups is 1. The average molecular weight is 405 g/mol. The summed E-state index contributed by atoms with van der Waals surface area (Å²) in [5.74, 6) is -2.40. The van der Waals surface area contributed by atoms with E-state index in [-0.39, 0.29) is 5.75 Å². The molecule has 1 aromatic carbocycles. The lowest BCUT2D eigenvalue weighted by atomic mass is 10.1. The standard InChI is InChI=1S/C19H22F2N5OP/c1-2-13-7-8-24-18(16(13)17(22)26-11-9-23-10-12-26)25-14-3-5-15(6-4-14)27-19(20,21)28/h2-8,22-23H,1,9-12,28H2,(H,24,25). The minimum Gasteiger partial charge on any atom is -0.430 e. The van der Waals surface area contributed by atoms with Crippen molar-refractivity contribution in [2.75, 3.05) is 31.5 Å². The van der Waals surface area contributed by atoms with E-state index in [0.717, 1.165) is 31.7 Å². The zero-order valence-electron chi connectivity index (χ0n) is 15.2. The van der Waals surface area contributed by atoms with Gasteiger partial charge in [0.25, 0.3) is 0 Å². The van der Waals surface area contributed by atoms with Crippen LogP contribution in [0.2, 0.25) is 0 Å². The molecule has 3 N–H and O–H groups in total. The second-order valence-electron chi connectivity index (χ2n) is 6.23. The molecule has 1 saturated heterocycles. The van der Waals surface area contributed by atoms with Crippen molar-refractivity contribution in [3.8, 4) is 5.75 Å². The minimum absolute atomic E-state index is 0.0483. The highest BCUT2D eigenvalue weighted by Crippen LogP contribution is 2.29. The summed E-state index contributed by atoms with van der Waals surface area (Å²) >= 11 is 0. The predicted octanol–water partition coefficient (Wildman–Crippen LogP) is 3.50. The number of nitrogens with one attached hydrogen (secondary N) is 3. The maximum Gasteiger partial charge on any atom is 0.408 e. The Bertz CT molecular complexity index is 848. The fourth-order valence-corrected chi connectivity index (χ4v) is 3.07. The molecule has 0 spiro atoms. The maximum atomic E-state index is 12.9. The summed E-state index contributed by atoms with van der Waals surface area (Å²) in [6.07, 6.45) is 3.33. The SMILES string of the molecule is C=Cc1ccnc(Nc2ccc(OC(F)(F)P)cc2)c1C(=N)N1CCNCC1. The molecule has 9 heteroatoms. The monoisotopic (exact) mass is 405 g/mol. The van der Waals surface area contributed by atoms with Crippen molar-refractivity contribution in [1.82, 2.24) is 15.2 Å². The van der Waals surface area contributed by atoms with Crippen LogP contribution in [0.3, 0.4) is 0 Å². The van der Waals surface area contributed by atoms with E-state index in [1.807, 2.05) is 11.0 Å². The van der Waals surface area contributed by atoms with Gasteiger partial charge in [-0.2, -0.15) is 8.78 Å². The minimum atomic E-state index is -3.32. The number of hydrogen-bond acceptors (Lipinski definition) is 5. The Morgan fingerprint density at radius 2 is 1.96 bits per heavy atom. The van der Waals surface area contributed by atoms with Crippen LogP contribution in [0, 0.1) is 5.41 Å². The van der Waals surface area contributed by atoms with Gasteiger partial charge in [-0.3, -0.25) is 5.41 Å². The molecule has 2 heterocycles. The van der Waals surface area contributed by atoms with Gasteiger partial charge in [0.2, 0.25) is 0 Å². The van der Waals surface area contributed by atoms with Gasteiger partial charge in [-0.1, -0.05) is 12.7 Å². The first-order chi connectivity index (χ1) is 13.4. The summed E-state index contributed by atoms with van der Waals surface area (Å²) < 4.78 is 30.4. The number of pyridine rings is 1. The molecule has 148 valence electrons. The first kappa shape index (κ1) is 20.2. The van der Waals surface area contributed by atoms with Crippen molar-refractivity contribution in [2.24, 2.45) is 0 Å². The highest BCUT2D eigenvalue weighted by molar-refractivity contribution is 7.17. The van der Waals surface area contributed by atoms with Crippen molar-refractivity contribution < 1.29 is 13.5 Å². The van der Waals surface area contributed by atoms with Crippen LogP contribution in [-0.4, -0.2) is 47.7 Å². The van der Waals surface area contributed by atoms with Crippen LogP contribution in [0.1, 0.15) is 11.1 Å². The smallest absolute Gasteiger partial charge is 0.408 e. The summed E-state index contributed by atoms with van der Waals surface area (Å²) in [5.41, 5.74) is 2.09. The number of benzene rings is 1. The highest BCUT2D eigenvalue weighted by Gasteiger charge is 2.23. The normalized spacial score (nSPS) is 14.5. The molecular formula is C19H22F2N5OP. The van der Waals surface area contributed by atoms with Gasteiger partial charge in [0.05, 0.1) is 5.56 Å². The van der Waals surface area contributed by atoms with Gasteiger partial charge >= 0.3 is 5.85 Å². The van der Waals surface area contributed by atoms with E-state index in [0.29, 0.717) is 22.9 Å². The number of hydrogen-bond donors (Lipinski definition) is 3. The van der Waals surface area contributed by atoms with Crippen LogP contribution < -0.4 is 15.4 Å². The van der Waals surface area contributed by atoms with Crippen LogP contribution in [0.5, 0.6) is 5.75 Å². The molecule has 2 aromatic rings. The zero-order chi connectivity index (χ0) is 20.1. The quantitative estimate of drug-likeness (QED) is 0.390. The van der Waals surface area contributed by atoms with Crippen LogP contribution in [0.25, 0.3) is 6.08 Å². The number of alkyl halides is 2. The van der Waals surface area contributed by atoms with E-state index in [1.54, 1.807) is 24.4 Å². The Balaban J connectivity index is 1.85. The van der Waals surface area contributed by atoms with Crippen LogP contribution >= 0.6 is 9.24 Å². The molecule has 6 nitrogen and oxygen atoms in total. The third-order valence-electron chi connectivity index (χ3n) is 4.24. The van der Waals surface area contributed by atoms with Gasteiger partial charge < -0.3 is 20.3 Å². The van der Waals surface area contributed by atoms with Crippen molar-refractivity contribution >= 4 is 32.7 Å². The fourth-order valence-electron chi connectivity index (χ4n) is 2.94. The Labute approximate surface area is 164 Å². The van der Waals surface area contributed by atoms with E-state index < -0.39 is 5.85 Å². The predicted molar refractivity (Wildman–Crippen MR) is 111 cm³/mol. The zero-order valence-corrected chi connectivity index (χ0v) is 16.4. The van der Waals surface area contributed by atoms with Crippen molar-refractivity contribution in [3.05, 3.63) is 54.2 Å². The van der Waals surface area contributed by atoms with Crippen molar-refractivity contribution in [1.29, 1.82) is 5.41 Å². The van der Waals surface area contributed by atoms with Crippen LogP contribution in [0.15, 0.2) is 43.1 Å². The lowest BCUT2D eigenvalue weighted by Gasteiger charge is -2.30. The second kappa shape index (κ2) is 8.63. The summed E-state index contributed by atoms with van der Waals surface area (Å²) in [7, 11) is 1.34. The topological polar surface area (TPSA) is 73.3 Å². The van der Waals surface area contributed by atoms with E-state index >= 15 is 0 Å². The number of rotatable bonds is 6. The molecule has 0 saturated carbocycles. The number of aromatic nitrogens is 1. The second-order valence-corrected chi connectivity index (χ2v) is 6.90. The van der Waals surface area contributed by atoms with Gasteiger partial charge in [-0.05, 0) is 45.1 Å². The number of piperazine rings is 1. The molecule has 0 bridgehead atoms. The summed E-state index contributed by atoms with van der Waals surface area (Å²) in [6, 6.07) is 7.93. The lowest BCUT2D eigenvalue weighted by molar-refractivity contribution is -0.0892. The molecule has 1 unspecified atom stereocenters. The van der Waals surface area contributed by atoms with Crippen LogP contribution in [-0.2, 0) is 0 Å². The van der Waals surface area contributed by atoms with E-state index in [9.17, 15) is 8.78 Å². The molecule has 1 aromatic heterocycles. The number of anilines is 2. The largest absolute Gasteiger partial charge is 0.430 e. The number of halogens is 2. The van der Waals surface area contributed by atoms with E-state index in [2.05, 4.69) is 26.9 Å². The molecule has 3 rings (SSSR count). The lowest BCUT2D eigenvalue weighted by Crippen LogP contribution is -2.46. The maximum absolute atomic E-state index is 12.9. The molecule has 28 heavy (non-hydrogen) atoms. The number of nitrogens with zero attached hydrogens (tertiary/aromatic N) is 2. The van der Waals surface area contributed by atoms with Gasteiger partial charge in [-0.15, -0.1) is 0 Å². The first-order valence-corrected chi connectivity index (χ1v) is 9.34. The molecule has 1 aliphatic heterocycles. The molecular weight excluding hydrogens is 383 g/mol. The van der Waals surface area contributed by atoms with Crippen molar-refractivity contribution in [2.45, 2.75) is 5.85 Å². The average Bonchev–Trinajstić information content (AvgIpc) is 2.68. The molecule has 1 aliphatic rings.